The van der Waals surface area contributed by atoms with Gasteiger partial charge >= 0.3 is 6.18 Å². The molecule has 0 aliphatic carbocycles. The summed E-state index contributed by atoms with van der Waals surface area (Å²) < 4.78 is 66.0. The van der Waals surface area contributed by atoms with E-state index in [1.165, 1.54) is 19.3 Å². The van der Waals surface area contributed by atoms with Crippen molar-refractivity contribution in [3.63, 3.8) is 0 Å². The Morgan fingerprint density at radius 3 is 2.36 bits per heavy atom. The number of anilines is 2. The van der Waals surface area contributed by atoms with E-state index in [0.717, 1.165) is 6.07 Å². The molecule has 3 rings (SSSR count). The van der Waals surface area contributed by atoms with Gasteiger partial charge in [-0.15, -0.1) is 0 Å². The van der Waals surface area contributed by atoms with Crippen molar-refractivity contribution in [3.8, 4) is 0 Å². The molecule has 1 aliphatic rings. The monoisotopic (exact) mass is 435 g/mol. The molecule has 1 aromatic carbocycles. The molecule has 1 saturated heterocycles. The number of sulfonamides is 1. The van der Waals surface area contributed by atoms with Gasteiger partial charge in [0.05, 0.1) is 16.3 Å². The van der Waals surface area contributed by atoms with Gasteiger partial charge in [-0.25, -0.2) is 18.1 Å². The van der Waals surface area contributed by atoms with Crippen LogP contribution in [-0.2, 0) is 16.2 Å². The largest absolute Gasteiger partial charge is 0.417 e. The second-order valence-corrected chi connectivity index (χ2v) is 8.50. The van der Waals surface area contributed by atoms with Crippen LogP contribution in [0.4, 0.5) is 24.5 Å². The average Bonchev–Trinajstić information content (AvgIpc) is 2.67. The molecule has 1 aliphatic heterocycles. The van der Waals surface area contributed by atoms with Crippen molar-refractivity contribution in [3.05, 3.63) is 47.2 Å². The first-order valence-corrected chi connectivity index (χ1v) is 10.3. The summed E-state index contributed by atoms with van der Waals surface area (Å²) in [5.41, 5.74) is 0.107. The van der Waals surface area contributed by atoms with E-state index in [9.17, 15) is 21.6 Å². The number of alkyl halides is 3. The van der Waals surface area contributed by atoms with Crippen molar-refractivity contribution in [2.75, 3.05) is 43.0 Å². The Kier molecular flexibility index (Phi) is 5.74. The highest BCUT2D eigenvalue weighted by atomic mass is 35.5. The van der Waals surface area contributed by atoms with Crippen LogP contribution < -0.4 is 19.5 Å². The van der Waals surface area contributed by atoms with Crippen molar-refractivity contribution in [1.82, 2.24) is 4.72 Å². The Morgan fingerprint density at radius 2 is 1.75 bits per heavy atom. The number of H-pyrrole nitrogens is 1. The van der Waals surface area contributed by atoms with Gasteiger partial charge in [0.1, 0.15) is 0 Å². The van der Waals surface area contributed by atoms with Crippen molar-refractivity contribution >= 4 is 33.0 Å². The minimum absolute atomic E-state index is 0.122. The minimum Gasteiger partial charge on any atom is -0.368 e. The van der Waals surface area contributed by atoms with Gasteiger partial charge in [0.15, 0.2) is 17.3 Å². The number of pyridine rings is 1. The molecular weight excluding hydrogens is 417 g/mol. The van der Waals surface area contributed by atoms with E-state index in [1.807, 2.05) is 9.80 Å². The van der Waals surface area contributed by atoms with Gasteiger partial charge in [-0.05, 0) is 25.2 Å². The van der Waals surface area contributed by atoms with Crippen LogP contribution in [0.1, 0.15) is 5.56 Å². The molecule has 0 unspecified atom stereocenters. The standard InChI is InChI=1S/C17H18ClF3N4O2S/c1-22-28(26,27)16-11-23-5-4-15(16)25-8-6-24(7-9-25)12-2-3-14(18)13(10-12)17(19,20)21/h2-5,10-11,22H,6-9H2,1H3/p+1. The van der Waals surface area contributed by atoms with Gasteiger partial charge < -0.3 is 9.80 Å². The van der Waals surface area contributed by atoms with Gasteiger partial charge in [0.25, 0.3) is 0 Å². The number of halogens is 4. The molecule has 6 nitrogen and oxygen atoms in total. The van der Waals surface area contributed by atoms with E-state index in [4.69, 9.17) is 11.6 Å². The summed E-state index contributed by atoms with van der Waals surface area (Å²) >= 11 is 5.68. The maximum atomic E-state index is 13.1. The maximum Gasteiger partial charge on any atom is 0.417 e. The van der Waals surface area contributed by atoms with E-state index in [-0.39, 0.29) is 9.92 Å². The molecule has 0 spiro atoms. The molecule has 0 atom stereocenters. The fourth-order valence-corrected chi connectivity index (χ4v) is 4.27. The summed E-state index contributed by atoms with van der Waals surface area (Å²) in [7, 11) is -2.31. The number of aromatic nitrogens is 1. The number of aromatic amines is 1. The Labute approximate surface area is 166 Å². The third-order valence-electron chi connectivity index (χ3n) is 4.60. The fraction of sp³-hybridized carbons (Fsp3) is 0.353. The number of piperazine rings is 1. The van der Waals surface area contributed by atoms with Crippen molar-refractivity contribution < 1.29 is 26.6 Å². The first-order chi connectivity index (χ1) is 13.1. The van der Waals surface area contributed by atoms with Gasteiger partial charge in [-0.3, -0.25) is 0 Å². The zero-order valence-electron chi connectivity index (χ0n) is 14.9. The molecule has 152 valence electrons. The normalized spacial score (nSPS) is 15.8. The van der Waals surface area contributed by atoms with Crippen LogP contribution in [0.25, 0.3) is 0 Å². The fourth-order valence-electron chi connectivity index (χ4n) is 3.13. The van der Waals surface area contributed by atoms with E-state index >= 15 is 0 Å². The van der Waals surface area contributed by atoms with E-state index in [0.29, 0.717) is 37.6 Å². The SMILES string of the molecule is CNS(=O)(=O)c1c[nH+]ccc1N1CCN(c2ccc(Cl)c(C(F)(F)F)c2)CC1. The lowest BCUT2D eigenvalue weighted by Gasteiger charge is -2.37. The lowest BCUT2D eigenvalue weighted by atomic mass is 10.1. The second kappa shape index (κ2) is 7.76. The Morgan fingerprint density at radius 1 is 1.11 bits per heavy atom. The summed E-state index contributed by atoms with van der Waals surface area (Å²) in [5.74, 6) is 0. The number of hydrogen-bond donors (Lipinski definition) is 1. The zero-order valence-corrected chi connectivity index (χ0v) is 16.5. The van der Waals surface area contributed by atoms with Gasteiger partial charge in [0.2, 0.25) is 10.0 Å². The molecule has 0 saturated carbocycles. The molecule has 0 radical (unpaired) electrons. The van der Waals surface area contributed by atoms with Crippen molar-refractivity contribution in [1.29, 1.82) is 0 Å². The summed E-state index contributed by atoms with van der Waals surface area (Å²) in [6.45, 7) is 1.80. The van der Waals surface area contributed by atoms with Crippen LogP contribution in [-0.4, -0.2) is 41.6 Å². The molecule has 11 heteroatoms. The van der Waals surface area contributed by atoms with Gasteiger partial charge in [0, 0.05) is 37.9 Å². The zero-order chi connectivity index (χ0) is 20.5. The van der Waals surface area contributed by atoms with Gasteiger partial charge in [-0.2, -0.15) is 13.2 Å². The van der Waals surface area contributed by atoms with Crippen LogP contribution in [0.15, 0.2) is 41.6 Å². The van der Waals surface area contributed by atoms with Crippen molar-refractivity contribution in [2.45, 2.75) is 11.1 Å². The van der Waals surface area contributed by atoms with Crippen LogP contribution in [0, 0.1) is 0 Å². The third kappa shape index (κ3) is 4.18. The van der Waals surface area contributed by atoms with E-state index < -0.39 is 21.8 Å². The topological polar surface area (TPSA) is 66.8 Å². The first kappa shape index (κ1) is 20.7. The molecule has 2 N–H and O–H groups in total. The minimum atomic E-state index is -4.52. The Bertz CT molecular complexity index is 961. The van der Waals surface area contributed by atoms with Gasteiger partial charge in [-0.1, -0.05) is 11.6 Å². The number of hydrogen-bond acceptors (Lipinski definition) is 4. The maximum absolute atomic E-state index is 13.1. The van der Waals surface area contributed by atoms with Crippen LogP contribution >= 0.6 is 11.6 Å². The highest BCUT2D eigenvalue weighted by molar-refractivity contribution is 7.89. The molecule has 1 aromatic heterocycles. The highest BCUT2D eigenvalue weighted by Gasteiger charge is 2.34. The Balaban J connectivity index is 1.80. The summed E-state index contributed by atoms with van der Waals surface area (Å²) in [6, 6.07) is 5.52. The lowest BCUT2D eigenvalue weighted by Crippen LogP contribution is -2.47. The smallest absolute Gasteiger partial charge is 0.368 e. The predicted octanol–water partition coefficient (Wildman–Crippen LogP) is 2.41. The van der Waals surface area contributed by atoms with E-state index in [2.05, 4.69) is 9.71 Å². The average molecular weight is 436 g/mol. The number of benzene rings is 1. The molecule has 28 heavy (non-hydrogen) atoms. The van der Waals surface area contributed by atoms with Crippen LogP contribution in [0.2, 0.25) is 5.02 Å². The second-order valence-electron chi connectivity index (χ2n) is 6.24. The first-order valence-electron chi connectivity index (χ1n) is 8.44. The summed E-state index contributed by atoms with van der Waals surface area (Å²) in [6.07, 6.45) is -1.49. The molecular formula is C17H19ClF3N4O2S+. The number of rotatable bonds is 4. The Hall–Kier alpha value is -2.04. The molecule has 1 fully saturated rings. The predicted molar refractivity (Wildman–Crippen MR) is 100 cm³/mol. The summed E-state index contributed by atoms with van der Waals surface area (Å²) in [4.78, 5) is 6.61. The van der Waals surface area contributed by atoms with Crippen LogP contribution in [0.3, 0.4) is 0 Å². The lowest BCUT2D eigenvalue weighted by molar-refractivity contribution is -0.380. The highest BCUT2D eigenvalue weighted by Crippen LogP contribution is 2.37. The van der Waals surface area contributed by atoms with E-state index in [1.54, 1.807) is 18.3 Å². The van der Waals surface area contributed by atoms with Crippen molar-refractivity contribution in [2.24, 2.45) is 0 Å². The molecule has 2 heterocycles. The quantitative estimate of drug-likeness (QED) is 0.801. The van der Waals surface area contributed by atoms with Crippen LogP contribution in [0.5, 0.6) is 0 Å². The third-order valence-corrected chi connectivity index (χ3v) is 6.38. The number of nitrogens with zero attached hydrogens (tertiary/aromatic N) is 2. The molecule has 0 bridgehead atoms. The summed E-state index contributed by atoms with van der Waals surface area (Å²) in [5, 5.41) is -0.336. The molecule has 2 aromatic rings. The number of nitrogens with one attached hydrogen (secondary N) is 2. The molecule has 0 amide bonds.